The van der Waals surface area contributed by atoms with Gasteiger partial charge in [-0.15, -0.1) is 11.3 Å². The lowest BCUT2D eigenvalue weighted by molar-refractivity contribution is 0.474. The number of aromatic nitrogens is 1. The summed E-state index contributed by atoms with van der Waals surface area (Å²) in [5.41, 5.74) is 3.17. The molecule has 0 saturated heterocycles. The summed E-state index contributed by atoms with van der Waals surface area (Å²) >= 11 is 3.38. The number of hydrogen-bond acceptors (Lipinski definition) is 5. The van der Waals surface area contributed by atoms with Crippen LogP contribution in [0.4, 0.5) is 5.69 Å². The summed E-state index contributed by atoms with van der Waals surface area (Å²) < 4.78 is 2.27. The predicted molar refractivity (Wildman–Crippen MR) is 91.5 cm³/mol. The van der Waals surface area contributed by atoms with Crippen molar-refractivity contribution in [1.29, 1.82) is 0 Å². The second-order valence-electron chi connectivity index (χ2n) is 4.83. The first kappa shape index (κ1) is 14.2. The molecule has 0 aliphatic rings. The van der Waals surface area contributed by atoms with Crippen LogP contribution < -0.4 is 5.32 Å². The van der Waals surface area contributed by atoms with E-state index in [0.717, 1.165) is 21.1 Å². The molecule has 1 heterocycles. The van der Waals surface area contributed by atoms with Crippen molar-refractivity contribution < 1.29 is 5.11 Å². The Balaban J connectivity index is 1.83. The van der Waals surface area contributed by atoms with Gasteiger partial charge in [0, 0.05) is 11.7 Å². The highest BCUT2D eigenvalue weighted by molar-refractivity contribution is 8.00. The van der Waals surface area contributed by atoms with E-state index < -0.39 is 0 Å². The Morgan fingerprint density at radius 2 is 2.10 bits per heavy atom. The van der Waals surface area contributed by atoms with Gasteiger partial charge in [-0.05, 0) is 49.1 Å². The third-order valence-corrected chi connectivity index (χ3v) is 5.30. The standard InChI is InChI=1S/C16H16N2OS2/c1-10(11-4-3-5-13(19)8-11)17-12-6-7-14-15(9-12)21-16(18-14)20-2/h3-10,17,19H,1-2H3. The normalized spacial score (nSPS) is 12.5. The number of hydrogen-bond donors (Lipinski definition) is 2. The fourth-order valence-electron chi connectivity index (χ4n) is 2.21. The highest BCUT2D eigenvalue weighted by Gasteiger charge is 2.08. The lowest BCUT2D eigenvalue weighted by Gasteiger charge is -2.16. The predicted octanol–water partition coefficient (Wildman–Crippen LogP) is 4.90. The van der Waals surface area contributed by atoms with Gasteiger partial charge in [-0.2, -0.15) is 0 Å². The fraction of sp³-hybridized carbons (Fsp3) is 0.188. The zero-order chi connectivity index (χ0) is 14.8. The molecule has 0 aliphatic heterocycles. The van der Waals surface area contributed by atoms with E-state index in [1.165, 1.54) is 4.70 Å². The minimum atomic E-state index is 0.127. The molecule has 21 heavy (non-hydrogen) atoms. The number of thiazole rings is 1. The van der Waals surface area contributed by atoms with Gasteiger partial charge in [-0.1, -0.05) is 23.9 Å². The van der Waals surface area contributed by atoms with E-state index in [1.54, 1.807) is 35.2 Å². The number of fused-ring (bicyclic) bond motifs is 1. The minimum Gasteiger partial charge on any atom is -0.508 e. The van der Waals surface area contributed by atoms with E-state index in [2.05, 4.69) is 23.3 Å². The van der Waals surface area contributed by atoms with Crippen LogP contribution in [0.1, 0.15) is 18.5 Å². The number of aromatic hydroxyl groups is 1. The Morgan fingerprint density at radius 1 is 1.24 bits per heavy atom. The van der Waals surface area contributed by atoms with Gasteiger partial charge in [0.05, 0.1) is 10.2 Å². The van der Waals surface area contributed by atoms with E-state index >= 15 is 0 Å². The van der Waals surface area contributed by atoms with Crippen LogP contribution in [-0.2, 0) is 0 Å². The molecule has 5 heteroatoms. The summed E-state index contributed by atoms with van der Waals surface area (Å²) in [7, 11) is 0. The van der Waals surface area contributed by atoms with E-state index in [0.29, 0.717) is 5.75 Å². The molecule has 0 bridgehead atoms. The molecule has 0 fully saturated rings. The van der Waals surface area contributed by atoms with Crippen LogP contribution in [0.2, 0.25) is 0 Å². The maximum Gasteiger partial charge on any atom is 0.150 e. The van der Waals surface area contributed by atoms with Gasteiger partial charge in [0.1, 0.15) is 5.75 Å². The summed E-state index contributed by atoms with van der Waals surface area (Å²) in [6.07, 6.45) is 2.04. The van der Waals surface area contributed by atoms with Crippen LogP contribution in [0.15, 0.2) is 46.8 Å². The molecule has 0 aliphatic carbocycles. The second kappa shape index (κ2) is 5.95. The molecule has 0 radical (unpaired) electrons. The summed E-state index contributed by atoms with van der Waals surface area (Å²) in [5, 5.41) is 13.0. The van der Waals surface area contributed by atoms with E-state index in [-0.39, 0.29) is 6.04 Å². The van der Waals surface area contributed by atoms with Crippen molar-refractivity contribution >= 4 is 39.0 Å². The van der Waals surface area contributed by atoms with Gasteiger partial charge < -0.3 is 10.4 Å². The van der Waals surface area contributed by atoms with Crippen molar-refractivity contribution in [3.63, 3.8) is 0 Å². The first-order valence-corrected chi connectivity index (χ1v) is 8.70. The Bertz CT molecular complexity index is 770. The smallest absolute Gasteiger partial charge is 0.150 e. The fourth-order valence-corrected chi connectivity index (χ4v) is 3.74. The molecule has 0 amide bonds. The highest BCUT2D eigenvalue weighted by Crippen LogP contribution is 2.31. The molecule has 1 aromatic heterocycles. The molecular formula is C16H16N2OS2. The minimum absolute atomic E-state index is 0.127. The van der Waals surface area contributed by atoms with Gasteiger partial charge in [-0.25, -0.2) is 4.98 Å². The molecular weight excluding hydrogens is 300 g/mol. The number of anilines is 1. The number of thioether (sulfide) groups is 1. The number of phenolic OH excluding ortho intramolecular Hbond substituents is 1. The van der Waals surface area contributed by atoms with Crippen LogP contribution in [0.25, 0.3) is 10.2 Å². The van der Waals surface area contributed by atoms with Crippen molar-refractivity contribution in [3.05, 3.63) is 48.0 Å². The van der Waals surface area contributed by atoms with Gasteiger partial charge >= 0.3 is 0 Å². The van der Waals surface area contributed by atoms with Crippen molar-refractivity contribution in [2.45, 2.75) is 17.3 Å². The number of nitrogens with zero attached hydrogens (tertiary/aromatic N) is 1. The van der Waals surface area contributed by atoms with Gasteiger partial charge in [0.25, 0.3) is 0 Å². The van der Waals surface area contributed by atoms with Crippen molar-refractivity contribution in [3.8, 4) is 5.75 Å². The topological polar surface area (TPSA) is 45.2 Å². The van der Waals surface area contributed by atoms with Crippen LogP contribution in [0.5, 0.6) is 5.75 Å². The van der Waals surface area contributed by atoms with Crippen molar-refractivity contribution in [2.75, 3.05) is 11.6 Å². The molecule has 0 spiro atoms. The second-order valence-corrected chi connectivity index (χ2v) is 6.91. The third-order valence-electron chi connectivity index (χ3n) is 3.30. The quantitative estimate of drug-likeness (QED) is 0.672. The van der Waals surface area contributed by atoms with E-state index in [1.807, 2.05) is 30.5 Å². The summed E-state index contributed by atoms with van der Waals surface area (Å²) in [6.45, 7) is 2.08. The summed E-state index contributed by atoms with van der Waals surface area (Å²) in [4.78, 5) is 4.54. The van der Waals surface area contributed by atoms with Crippen molar-refractivity contribution in [2.24, 2.45) is 0 Å². The lowest BCUT2D eigenvalue weighted by Crippen LogP contribution is -2.06. The number of nitrogens with one attached hydrogen (secondary N) is 1. The maximum absolute atomic E-state index is 9.56. The van der Waals surface area contributed by atoms with Crippen molar-refractivity contribution in [1.82, 2.24) is 4.98 Å². The number of rotatable bonds is 4. The zero-order valence-corrected chi connectivity index (χ0v) is 13.5. The van der Waals surface area contributed by atoms with E-state index in [4.69, 9.17) is 0 Å². The Labute approximate surface area is 132 Å². The average Bonchev–Trinajstić information content (AvgIpc) is 2.89. The lowest BCUT2D eigenvalue weighted by atomic mass is 10.1. The van der Waals surface area contributed by atoms with E-state index in [9.17, 15) is 5.11 Å². The monoisotopic (exact) mass is 316 g/mol. The van der Waals surface area contributed by atoms with Crippen LogP contribution in [0.3, 0.4) is 0 Å². The SMILES string of the molecule is CSc1nc2ccc(NC(C)c3cccc(O)c3)cc2s1. The molecule has 1 atom stereocenters. The first-order valence-electron chi connectivity index (χ1n) is 6.66. The van der Waals surface area contributed by atoms with Gasteiger partial charge in [-0.3, -0.25) is 0 Å². The molecule has 3 nitrogen and oxygen atoms in total. The van der Waals surface area contributed by atoms with Gasteiger partial charge in [0.15, 0.2) is 4.34 Å². The van der Waals surface area contributed by atoms with Crippen LogP contribution >= 0.6 is 23.1 Å². The average molecular weight is 316 g/mol. The molecule has 3 aromatic rings. The third kappa shape index (κ3) is 3.14. The summed E-state index contributed by atoms with van der Waals surface area (Å²) in [5.74, 6) is 0.295. The summed E-state index contributed by atoms with van der Waals surface area (Å²) in [6, 6.07) is 13.7. The molecule has 2 N–H and O–H groups in total. The number of benzene rings is 2. The molecule has 1 unspecified atom stereocenters. The zero-order valence-electron chi connectivity index (χ0n) is 11.8. The number of phenols is 1. The Morgan fingerprint density at radius 3 is 2.86 bits per heavy atom. The van der Waals surface area contributed by atoms with Crippen LogP contribution in [0, 0.1) is 0 Å². The Kier molecular flexibility index (Phi) is 4.03. The highest BCUT2D eigenvalue weighted by atomic mass is 32.2. The maximum atomic E-state index is 9.56. The Hall–Kier alpha value is -1.72. The van der Waals surface area contributed by atoms with Gasteiger partial charge in [0.2, 0.25) is 0 Å². The molecule has 108 valence electrons. The molecule has 0 saturated carbocycles. The first-order chi connectivity index (χ1) is 10.2. The molecule has 2 aromatic carbocycles. The molecule has 3 rings (SSSR count). The van der Waals surface area contributed by atoms with Crippen LogP contribution in [-0.4, -0.2) is 16.3 Å². The largest absolute Gasteiger partial charge is 0.508 e.